The Morgan fingerprint density at radius 3 is 2.12 bits per heavy atom. The van der Waals surface area contributed by atoms with E-state index < -0.39 is 17.3 Å². The van der Waals surface area contributed by atoms with Crippen molar-refractivity contribution >= 4 is 40.2 Å². The number of imide groups is 1. The standard InChI is InChI=1S/C36H26N2O2/c1-22-10-8-13-24(20-22)37-21-36-28-17-6-4-15-26(28)31(27-16-5-7-18-29(27)36)32-33(36)35(40)38(34(32)39)30-19-9-12-23-11-2-3-14-25(23)30/h2-21,31-33H,1H3/t31?,32-,33-,36?/m1/s1. The van der Waals surface area contributed by atoms with Crippen molar-refractivity contribution in [2.75, 3.05) is 4.90 Å². The zero-order chi connectivity index (χ0) is 27.0. The molecule has 0 unspecified atom stereocenters. The first-order valence-electron chi connectivity index (χ1n) is 13.8. The third-order valence-electron chi connectivity index (χ3n) is 9.11. The molecule has 5 aromatic carbocycles. The molecular weight excluding hydrogens is 492 g/mol. The first-order valence-corrected chi connectivity index (χ1v) is 13.8. The van der Waals surface area contributed by atoms with Crippen LogP contribution >= 0.6 is 0 Å². The second-order valence-electron chi connectivity index (χ2n) is 11.1. The van der Waals surface area contributed by atoms with Crippen LogP contribution in [0.5, 0.6) is 0 Å². The number of carbonyl (C=O) groups is 2. The minimum Gasteiger partial charge on any atom is -0.274 e. The number of benzene rings is 5. The Morgan fingerprint density at radius 1 is 0.725 bits per heavy atom. The van der Waals surface area contributed by atoms with Crippen LogP contribution in [0.1, 0.15) is 33.7 Å². The smallest absolute Gasteiger partial charge is 0.239 e. The lowest BCUT2D eigenvalue weighted by Crippen LogP contribution is -2.54. The van der Waals surface area contributed by atoms with Gasteiger partial charge in [0.15, 0.2) is 0 Å². The van der Waals surface area contributed by atoms with Gasteiger partial charge >= 0.3 is 0 Å². The quantitative estimate of drug-likeness (QED) is 0.189. The van der Waals surface area contributed by atoms with E-state index in [1.165, 1.54) is 4.90 Å². The summed E-state index contributed by atoms with van der Waals surface area (Å²) < 4.78 is 0. The van der Waals surface area contributed by atoms with E-state index in [0.29, 0.717) is 5.69 Å². The molecule has 4 aliphatic rings. The average molecular weight is 519 g/mol. The van der Waals surface area contributed by atoms with Gasteiger partial charge in [-0.25, -0.2) is 4.90 Å². The number of aryl methyl sites for hydroxylation is 1. The van der Waals surface area contributed by atoms with Crippen LogP contribution in [0.2, 0.25) is 0 Å². The number of anilines is 1. The average Bonchev–Trinajstić information content (AvgIpc) is 3.26. The van der Waals surface area contributed by atoms with Gasteiger partial charge in [-0.2, -0.15) is 0 Å². The van der Waals surface area contributed by atoms with E-state index in [4.69, 9.17) is 4.99 Å². The van der Waals surface area contributed by atoms with Crippen LogP contribution in [0, 0.1) is 18.8 Å². The SMILES string of the molecule is Cc1cccc(N=CC23c4ccccc4C(c4ccccc42)[C@H]2C(=O)N(c4cccc5ccccc45)C(=O)[C@@H]23)c1. The first-order chi connectivity index (χ1) is 19.6. The Morgan fingerprint density at radius 2 is 1.38 bits per heavy atom. The summed E-state index contributed by atoms with van der Waals surface area (Å²) in [6.45, 7) is 2.05. The molecule has 2 bridgehead atoms. The molecule has 0 saturated carbocycles. The Hall–Kier alpha value is -4.83. The molecule has 0 N–H and O–H groups in total. The van der Waals surface area contributed by atoms with E-state index in [1.807, 2.05) is 104 Å². The lowest BCUT2D eigenvalue weighted by Gasteiger charge is -2.52. The number of fused-ring (bicyclic) bond motifs is 1. The maximum atomic E-state index is 14.7. The predicted molar refractivity (Wildman–Crippen MR) is 158 cm³/mol. The predicted octanol–water partition coefficient (Wildman–Crippen LogP) is 7.10. The minimum absolute atomic E-state index is 0.131. The number of amides is 2. The van der Waals surface area contributed by atoms with Crippen LogP contribution in [0.15, 0.2) is 120 Å². The summed E-state index contributed by atoms with van der Waals surface area (Å²) >= 11 is 0. The number of hydrogen-bond donors (Lipinski definition) is 0. The summed E-state index contributed by atoms with van der Waals surface area (Å²) in [4.78, 5) is 35.7. The Kier molecular flexibility index (Phi) is 4.81. The van der Waals surface area contributed by atoms with E-state index in [2.05, 4.69) is 24.3 Å². The third-order valence-corrected chi connectivity index (χ3v) is 9.11. The van der Waals surface area contributed by atoms with Gasteiger partial charge in [-0.1, -0.05) is 97.1 Å². The van der Waals surface area contributed by atoms with Crippen LogP contribution in [0.3, 0.4) is 0 Å². The van der Waals surface area contributed by atoms with Gasteiger partial charge in [0.25, 0.3) is 0 Å². The molecule has 2 atom stereocenters. The van der Waals surface area contributed by atoms with Crippen LogP contribution < -0.4 is 4.90 Å². The minimum atomic E-state index is -0.873. The Labute approximate surface area is 232 Å². The molecule has 3 aliphatic carbocycles. The normalized spacial score (nSPS) is 24.4. The van der Waals surface area contributed by atoms with Crippen LogP contribution in [-0.4, -0.2) is 18.0 Å². The fourth-order valence-corrected chi connectivity index (χ4v) is 7.58. The zero-order valence-electron chi connectivity index (χ0n) is 22.0. The van der Waals surface area contributed by atoms with Crippen molar-refractivity contribution in [3.8, 4) is 0 Å². The fraction of sp³-hybridized carbons (Fsp3) is 0.139. The summed E-state index contributed by atoms with van der Waals surface area (Å²) in [7, 11) is 0. The molecule has 1 aliphatic heterocycles. The van der Waals surface area contributed by atoms with Crippen molar-refractivity contribution in [3.63, 3.8) is 0 Å². The van der Waals surface area contributed by atoms with E-state index in [-0.39, 0.29) is 17.7 Å². The highest BCUT2D eigenvalue weighted by Crippen LogP contribution is 2.64. The van der Waals surface area contributed by atoms with Gasteiger partial charge in [0.05, 0.1) is 28.6 Å². The molecule has 1 saturated heterocycles. The van der Waals surface area contributed by atoms with Gasteiger partial charge in [-0.3, -0.25) is 14.6 Å². The molecular formula is C36H26N2O2. The van der Waals surface area contributed by atoms with Gasteiger partial charge in [0.1, 0.15) is 0 Å². The monoisotopic (exact) mass is 518 g/mol. The summed E-state index contributed by atoms with van der Waals surface area (Å²) in [6, 6.07) is 38.4. The second kappa shape index (κ2) is 8.33. The third kappa shape index (κ3) is 2.93. The van der Waals surface area contributed by atoms with Crippen molar-refractivity contribution in [1.82, 2.24) is 0 Å². The Balaban J connectivity index is 1.40. The van der Waals surface area contributed by atoms with Gasteiger partial charge in [0.2, 0.25) is 11.8 Å². The summed E-state index contributed by atoms with van der Waals surface area (Å²) in [5.41, 5.74) is 6.08. The second-order valence-corrected chi connectivity index (χ2v) is 11.1. The van der Waals surface area contributed by atoms with Crippen molar-refractivity contribution < 1.29 is 9.59 Å². The highest BCUT2D eigenvalue weighted by Gasteiger charge is 2.68. The van der Waals surface area contributed by atoms with Crippen molar-refractivity contribution in [2.45, 2.75) is 18.3 Å². The van der Waals surface area contributed by atoms with E-state index in [1.54, 1.807) is 0 Å². The van der Waals surface area contributed by atoms with E-state index >= 15 is 0 Å². The zero-order valence-corrected chi connectivity index (χ0v) is 22.0. The van der Waals surface area contributed by atoms with Crippen LogP contribution in [0.25, 0.3) is 10.8 Å². The molecule has 2 amide bonds. The number of rotatable bonds is 3. The highest BCUT2D eigenvalue weighted by molar-refractivity contribution is 6.27. The molecule has 192 valence electrons. The summed E-state index contributed by atoms with van der Waals surface area (Å²) in [6.07, 6.45) is 1.96. The summed E-state index contributed by atoms with van der Waals surface area (Å²) in [5, 5.41) is 1.90. The molecule has 1 heterocycles. The molecule has 9 rings (SSSR count). The van der Waals surface area contributed by atoms with Crippen molar-refractivity contribution in [1.29, 1.82) is 0 Å². The maximum absolute atomic E-state index is 14.7. The number of aliphatic imine (C=N–C) groups is 1. The molecule has 4 heteroatoms. The summed E-state index contributed by atoms with van der Waals surface area (Å²) in [5.74, 6) is -1.59. The molecule has 0 radical (unpaired) electrons. The van der Waals surface area contributed by atoms with Gasteiger partial charge in [-0.05, 0) is 58.3 Å². The molecule has 1 fully saturated rings. The molecule has 5 aromatic rings. The Bertz CT molecular complexity index is 1850. The number of nitrogens with zero attached hydrogens (tertiary/aromatic N) is 2. The largest absolute Gasteiger partial charge is 0.274 e. The first kappa shape index (κ1) is 23.1. The van der Waals surface area contributed by atoms with E-state index in [9.17, 15) is 9.59 Å². The lowest BCUT2D eigenvalue weighted by molar-refractivity contribution is -0.122. The molecule has 0 spiro atoms. The van der Waals surface area contributed by atoms with Crippen molar-refractivity contribution in [2.24, 2.45) is 16.8 Å². The number of hydrogen-bond acceptors (Lipinski definition) is 3. The van der Waals surface area contributed by atoms with Gasteiger partial charge < -0.3 is 0 Å². The van der Waals surface area contributed by atoms with Crippen molar-refractivity contribution in [3.05, 3.63) is 143 Å². The highest BCUT2D eigenvalue weighted by atomic mass is 16.2. The van der Waals surface area contributed by atoms with Gasteiger partial charge in [-0.15, -0.1) is 0 Å². The molecule has 0 aromatic heterocycles. The maximum Gasteiger partial charge on any atom is 0.239 e. The molecule has 40 heavy (non-hydrogen) atoms. The van der Waals surface area contributed by atoms with Gasteiger partial charge in [0, 0.05) is 17.5 Å². The lowest BCUT2D eigenvalue weighted by atomic mass is 9.47. The molecule has 4 nitrogen and oxygen atoms in total. The van der Waals surface area contributed by atoms with Crippen LogP contribution in [-0.2, 0) is 15.0 Å². The number of carbonyl (C=O) groups excluding carboxylic acids is 2. The van der Waals surface area contributed by atoms with E-state index in [0.717, 1.165) is 44.3 Å². The fourth-order valence-electron chi connectivity index (χ4n) is 7.58. The topological polar surface area (TPSA) is 49.7 Å². The van der Waals surface area contributed by atoms with Crippen LogP contribution in [0.4, 0.5) is 11.4 Å².